The van der Waals surface area contributed by atoms with Crippen molar-refractivity contribution in [2.75, 3.05) is 0 Å². The van der Waals surface area contributed by atoms with E-state index in [1.807, 2.05) is 105 Å². The molecule has 0 aliphatic rings. The van der Waals surface area contributed by atoms with Gasteiger partial charge in [-0.1, -0.05) is 66.7 Å². The summed E-state index contributed by atoms with van der Waals surface area (Å²) >= 11 is 0. The summed E-state index contributed by atoms with van der Waals surface area (Å²) < 4.78 is 4.82. The molecular weight excluding hydrogens is 426 g/mol. The predicted molar refractivity (Wildman–Crippen MR) is 135 cm³/mol. The molecule has 3 aromatic carbocycles. The quantitative estimate of drug-likeness (QED) is 0.404. The van der Waals surface area contributed by atoms with Gasteiger partial charge in [0.25, 0.3) is 11.1 Å². The largest absolute Gasteiger partial charge is 0.297 e. The van der Waals surface area contributed by atoms with E-state index in [4.69, 9.17) is 0 Å². The smallest absolute Gasteiger partial charge is 0.290 e. The summed E-state index contributed by atoms with van der Waals surface area (Å²) in [6.07, 6.45) is 1.49. The van der Waals surface area contributed by atoms with Crippen LogP contribution in [0.4, 0.5) is 5.69 Å². The molecule has 0 radical (unpaired) electrons. The number of hydrogen-bond donors (Lipinski definition) is 1. The Labute approximate surface area is 195 Å². The van der Waals surface area contributed by atoms with Crippen molar-refractivity contribution < 1.29 is 0 Å². The van der Waals surface area contributed by atoms with Crippen molar-refractivity contribution in [2.24, 2.45) is 12.0 Å². The monoisotopic (exact) mass is 449 g/mol. The SMILES string of the molecule is Cc1c(N=Cc2c(-c3ccccc3)[nH]n(-c3ccccc3)c2=O)c(=O)n(-c2ccccc2)n1C. The van der Waals surface area contributed by atoms with Crippen molar-refractivity contribution in [2.45, 2.75) is 6.92 Å². The zero-order valence-electron chi connectivity index (χ0n) is 18.8. The summed E-state index contributed by atoms with van der Waals surface area (Å²) in [7, 11) is 1.82. The minimum atomic E-state index is -0.248. The molecule has 0 amide bonds. The number of rotatable bonds is 5. The molecule has 0 aliphatic carbocycles. The van der Waals surface area contributed by atoms with Crippen LogP contribution in [0.2, 0.25) is 0 Å². The molecule has 0 unspecified atom stereocenters. The van der Waals surface area contributed by atoms with Crippen LogP contribution >= 0.6 is 0 Å². The standard InChI is InChI=1S/C27H23N5O2/c1-19-24(27(34)32(30(19)2)22-16-10-5-11-17-22)28-18-23-25(20-12-6-3-7-13-20)29-31(26(23)33)21-14-8-4-9-15-21/h3-18,29H,1-2H3. The third kappa shape index (κ3) is 3.63. The zero-order valence-corrected chi connectivity index (χ0v) is 18.8. The topological polar surface area (TPSA) is 77.1 Å². The van der Waals surface area contributed by atoms with Gasteiger partial charge in [-0.05, 0) is 31.2 Å². The molecule has 7 nitrogen and oxygen atoms in total. The van der Waals surface area contributed by atoms with Crippen LogP contribution in [-0.2, 0) is 7.05 Å². The number of H-pyrrole nitrogens is 1. The Morgan fingerprint density at radius 1 is 0.765 bits per heavy atom. The highest BCUT2D eigenvalue weighted by Crippen LogP contribution is 2.21. The molecule has 168 valence electrons. The van der Waals surface area contributed by atoms with Crippen LogP contribution in [0, 0.1) is 6.92 Å². The average Bonchev–Trinajstić information content (AvgIpc) is 3.32. The first kappa shape index (κ1) is 21.2. The lowest BCUT2D eigenvalue weighted by atomic mass is 10.1. The molecule has 0 spiro atoms. The number of nitrogens with zero attached hydrogens (tertiary/aromatic N) is 4. The number of para-hydroxylation sites is 2. The highest BCUT2D eigenvalue weighted by atomic mass is 16.1. The number of aliphatic imine (C=N–C) groups is 1. The Morgan fingerprint density at radius 3 is 1.94 bits per heavy atom. The van der Waals surface area contributed by atoms with E-state index in [0.29, 0.717) is 22.6 Å². The third-order valence-corrected chi connectivity index (χ3v) is 5.85. The molecule has 5 aromatic rings. The molecule has 0 atom stereocenters. The first-order valence-corrected chi connectivity index (χ1v) is 10.9. The van der Waals surface area contributed by atoms with Crippen LogP contribution in [-0.4, -0.2) is 25.4 Å². The van der Waals surface area contributed by atoms with Gasteiger partial charge >= 0.3 is 0 Å². The van der Waals surface area contributed by atoms with E-state index in [1.54, 1.807) is 9.36 Å². The average molecular weight is 450 g/mol. The number of aromatic amines is 1. The second-order valence-corrected chi connectivity index (χ2v) is 7.91. The van der Waals surface area contributed by atoms with Crippen LogP contribution in [0.5, 0.6) is 0 Å². The van der Waals surface area contributed by atoms with Gasteiger partial charge in [-0.15, -0.1) is 0 Å². The fraction of sp³-hybridized carbons (Fsp3) is 0.0741. The van der Waals surface area contributed by atoms with E-state index in [2.05, 4.69) is 10.1 Å². The molecule has 7 heteroatoms. The van der Waals surface area contributed by atoms with E-state index in [0.717, 1.165) is 11.3 Å². The minimum absolute atomic E-state index is 0.245. The molecule has 0 saturated heterocycles. The Morgan fingerprint density at radius 2 is 1.32 bits per heavy atom. The Kier molecular flexibility index (Phi) is 5.43. The van der Waals surface area contributed by atoms with Gasteiger partial charge in [0.05, 0.1) is 28.3 Å². The summed E-state index contributed by atoms with van der Waals surface area (Å²) in [6, 6.07) is 28.3. The molecule has 1 N–H and O–H groups in total. The lowest BCUT2D eigenvalue weighted by Crippen LogP contribution is -2.19. The third-order valence-electron chi connectivity index (χ3n) is 5.85. The van der Waals surface area contributed by atoms with Crippen molar-refractivity contribution in [1.29, 1.82) is 0 Å². The summed E-state index contributed by atoms with van der Waals surface area (Å²) in [6.45, 7) is 1.84. The van der Waals surface area contributed by atoms with Gasteiger partial charge in [0.15, 0.2) is 5.69 Å². The molecule has 2 aromatic heterocycles. The maximum atomic E-state index is 13.4. The van der Waals surface area contributed by atoms with E-state index >= 15 is 0 Å². The highest BCUT2D eigenvalue weighted by molar-refractivity contribution is 5.90. The van der Waals surface area contributed by atoms with E-state index in [1.165, 1.54) is 10.9 Å². The van der Waals surface area contributed by atoms with E-state index in [9.17, 15) is 9.59 Å². The van der Waals surface area contributed by atoms with Crippen molar-refractivity contribution >= 4 is 11.9 Å². The zero-order chi connectivity index (χ0) is 23.7. The molecule has 2 heterocycles. The molecule has 0 saturated carbocycles. The van der Waals surface area contributed by atoms with Gasteiger partial charge in [0, 0.05) is 18.8 Å². The van der Waals surface area contributed by atoms with Gasteiger partial charge in [-0.2, -0.15) is 0 Å². The van der Waals surface area contributed by atoms with Crippen molar-refractivity contribution in [3.05, 3.63) is 123 Å². The highest BCUT2D eigenvalue weighted by Gasteiger charge is 2.18. The second-order valence-electron chi connectivity index (χ2n) is 7.91. The first-order valence-electron chi connectivity index (χ1n) is 10.9. The maximum Gasteiger partial charge on any atom is 0.297 e. The number of aromatic nitrogens is 4. The molecule has 0 bridgehead atoms. The predicted octanol–water partition coefficient (Wildman–Crippen LogP) is 4.38. The number of hydrogen-bond acceptors (Lipinski definition) is 3. The summed E-state index contributed by atoms with van der Waals surface area (Å²) in [4.78, 5) is 31.2. The Hall–Kier alpha value is -4.65. The van der Waals surface area contributed by atoms with Gasteiger partial charge in [0.1, 0.15) is 0 Å². The van der Waals surface area contributed by atoms with Crippen LogP contribution in [0.3, 0.4) is 0 Å². The van der Waals surface area contributed by atoms with Crippen LogP contribution in [0.1, 0.15) is 11.3 Å². The Balaban J connectivity index is 1.66. The lowest BCUT2D eigenvalue weighted by Gasteiger charge is -2.07. The van der Waals surface area contributed by atoms with Crippen LogP contribution < -0.4 is 11.1 Å². The normalized spacial score (nSPS) is 11.4. The molecule has 5 rings (SSSR count). The molecular formula is C27H23N5O2. The maximum absolute atomic E-state index is 13.4. The van der Waals surface area contributed by atoms with Gasteiger partial charge in [-0.25, -0.2) is 14.4 Å². The summed E-state index contributed by atoms with van der Waals surface area (Å²) in [5, 5.41) is 3.21. The van der Waals surface area contributed by atoms with Crippen LogP contribution in [0.15, 0.2) is 106 Å². The summed E-state index contributed by atoms with van der Waals surface area (Å²) in [5.41, 5.74) is 3.82. The van der Waals surface area contributed by atoms with Gasteiger partial charge in [-0.3, -0.25) is 19.4 Å². The van der Waals surface area contributed by atoms with Crippen molar-refractivity contribution in [3.63, 3.8) is 0 Å². The summed E-state index contributed by atoms with van der Waals surface area (Å²) in [5.74, 6) is 0. The molecule has 34 heavy (non-hydrogen) atoms. The Bertz CT molecular complexity index is 1590. The molecule has 0 aliphatic heterocycles. The molecule has 0 fully saturated rings. The van der Waals surface area contributed by atoms with Crippen LogP contribution in [0.25, 0.3) is 22.6 Å². The van der Waals surface area contributed by atoms with E-state index < -0.39 is 0 Å². The number of nitrogens with one attached hydrogen (secondary N) is 1. The first-order chi connectivity index (χ1) is 16.6. The van der Waals surface area contributed by atoms with Crippen molar-refractivity contribution in [1.82, 2.24) is 19.1 Å². The van der Waals surface area contributed by atoms with Gasteiger partial charge < -0.3 is 0 Å². The second kappa shape index (κ2) is 8.71. The fourth-order valence-electron chi connectivity index (χ4n) is 3.99. The number of benzene rings is 3. The van der Waals surface area contributed by atoms with Crippen molar-refractivity contribution in [3.8, 4) is 22.6 Å². The van der Waals surface area contributed by atoms with Gasteiger partial charge in [0.2, 0.25) is 0 Å². The fourth-order valence-corrected chi connectivity index (χ4v) is 3.99. The van der Waals surface area contributed by atoms with E-state index in [-0.39, 0.29) is 16.8 Å². The minimum Gasteiger partial charge on any atom is -0.290 e. The lowest BCUT2D eigenvalue weighted by molar-refractivity contribution is 0.630.